The molecule has 2 N–H and O–H groups in total. The van der Waals surface area contributed by atoms with E-state index in [-0.39, 0.29) is 23.3 Å². The number of nitro benzene ring substituents is 1. The van der Waals surface area contributed by atoms with Crippen LogP contribution in [0, 0.1) is 17.0 Å². The Bertz CT molecular complexity index is 627. The fraction of sp³-hybridized carbons (Fsp3) is 0.429. The van der Waals surface area contributed by atoms with E-state index in [1.165, 1.54) is 13.8 Å². The molecule has 0 aliphatic rings. The number of rotatable bonds is 6. The van der Waals surface area contributed by atoms with Crippen molar-refractivity contribution in [1.29, 1.82) is 0 Å². The third-order valence-corrected chi connectivity index (χ3v) is 3.19. The van der Waals surface area contributed by atoms with Crippen LogP contribution in [0.1, 0.15) is 34.5 Å². The Hall–Kier alpha value is -2.52. The van der Waals surface area contributed by atoms with E-state index in [1.807, 2.05) is 0 Å². The molecule has 0 radical (unpaired) electrons. The first kappa shape index (κ1) is 18.5. The van der Waals surface area contributed by atoms with Crippen molar-refractivity contribution in [1.82, 2.24) is 0 Å². The second-order valence-electron chi connectivity index (χ2n) is 4.60. The fourth-order valence-corrected chi connectivity index (χ4v) is 1.98. The molecule has 1 aromatic rings. The Labute approximate surface area is 131 Å². The molecule has 0 aliphatic heterocycles. The van der Waals surface area contributed by atoms with Gasteiger partial charge in [-0.25, -0.2) is 9.59 Å². The number of non-ortho nitro benzene ring substituents is 1. The van der Waals surface area contributed by atoms with Gasteiger partial charge < -0.3 is 19.7 Å². The zero-order valence-corrected chi connectivity index (χ0v) is 12.8. The summed E-state index contributed by atoms with van der Waals surface area (Å²) >= 11 is 0. The van der Waals surface area contributed by atoms with Crippen molar-refractivity contribution in [3.8, 4) is 0 Å². The molecular formula is C14H17NO8. The minimum Gasteiger partial charge on any atom is -0.465 e. The van der Waals surface area contributed by atoms with E-state index in [4.69, 9.17) is 0 Å². The summed E-state index contributed by atoms with van der Waals surface area (Å²) in [5.41, 5.74) is -0.619. The molecule has 9 nitrogen and oxygen atoms in total. The molecule has 2 atom stereocenters. The summed E-state index contributed by atoms with van der Waals surface area (Å²) in [6, 6.07) is 1.98. The maximum absolute atomic E-state index is 11.7. The van der Waals surface area contributed by atoms with Crippen molar-refractivity contribution >= 4 is 17.6 Å². The van der Waals surface area contributed by atoms with E-state index in [0.717, 1.165) is 19.2 Å². The summed E-state index contributed by atoms with van der Waals surface area (Å²) in [6.45, 7) is 2.92. The Morgan fingerprint density at radius 1 is 1.35 bits per heavy atom. The highest BCUT2D eigenvalue weighted by atomic mass is 16.6. The molecule has 0 bridgehead atoms. The molecule has 0 spiro atoms. The third kappa shape index (κ3) is 4.02. The molecule has 0 saturated heterocycles. The van der Waals surface area contributed by atoms with Gasteiger partial charge in [0.15, 0.2) is 6.10 Å². The first-order chi connectivity index (χ1) is 10.7. The van der Waals surface area contributed by atoms with Gasteiger partial charge in [0, 0.05) is 12.1 Å². The van der Waals surface area contributed by atoms with Crippen LogP contribution in [-0.4, -0.2) is 46.9 Å². The number of hydrogen-bond acceptors (Lipinski definition) is 8. The van der Waals surface area contributed by atoms with Crippen LogP contribution in [0.2, 0.25) is 0 Å². The van der Waals surface area contributed by atoms with E-state index < -0.39 is 34.8 Å². The molecule has 23 heavy (non-hydrogen) atoms. The largest absolute Gasteiger partial charge is 0.465 e. The van der Waals surface area contributed by atoms with Gasteiger partial charge in [-0.3, -0.25) is 10.1 Å². The lowest BCUT2D eigenvalue weighted by atomic mass is 9.94. The van der Waals surface area contributed by atoms with Crippen molar-refractivity contribution in [2.75, 3.05) is 13.7 Å². The van der Waals surface area contributed by atoms with E-state index in [9.17, 15) is 29.9 Å². The number of hydrogen-bond donors (Lipinski definition) is 2. The van der Waals surface area contributed by atoms with Crippen LogP contribution in [-0.2, 0) is 14.3 Å². The first-order valence-corrected chi connectivity index (χ1v) is 6.64. The average Bonchev–Trinajstić information content (AvgIpc) is 2.52. The van der Waals surface area contributed by atoms with Gasteiger partial charge in [-0.1, -0.05) is 0 Å². The molecule has 1 rings (SSSR count). The van der Waals surface area contributed by atoms with Gasteiger partial charge in [0.2, 0.25) is 0 Å². The van der Waals surface area contributed by atoms with Crippen molar-refractivity contribution in [2.24, 2.45) is 0 Å². The van der Waals surface area contributed by atoms with Gasteiger partial charge in [0.1, 0.15) is 6.10 Å². The minimum atomic E-state index is -1.94. The van der Waals surface area contributed by atoms with Crippen molar-refractivity contribution < 1.29 is 34.2 Å². The van der Waals surface area contributed by atoms with Crippen LogP contribution < -0.4 is 0 Å². The Kier molecular flexibility index (Phi) is 6.17. The van der Waals surface area contributed by atoms with Crippen LogP contribution in [0.5, 0.6) is 0 Å². The summed E-state index contributed by atoms with van der Waals surface area (Å²) in [7, 11) is 1.10. The van der Waals surface area contributed by atoms with E-state index >= 15 is 0 Å². The SMILES string of the molecule is CCOC(=O)C(O)C(O)c1cc([N+](=O)[O-])cc(C(=O)OC)c1C. The number of esters is 2. The normalized spacial score (nSPS) is 13.1. The minimum absolute atomic E-state index is 0.00998. The second kappa shape index (κ2) is 7.65. The standard InChI is InChI=1S/C14H17NO8/c1-4-23-14(19)12(17)11(16)9-5-8(15(20)21)6-10(7(9)2)13(18)22-3/h5-6,11-12,16-17H,4H2,1-3H3. The molecule has 126 valence electrons. The number of aliphatic hydroxyl groups excluding tert-OH is 2. The number of nitrogens with zero attached hydrogens (tertiary/aromatic N) is 1. The summed E-state index contributed by atoms with van der Waals surface area (Å²) < 4.78 is 9.12. The lowest BCUT2D eigenvalue weighted by Gasteiger charge is -2.19. The van der Waals surface area contributed by atoms with Crippen LogP contribution in [0.4, 0.5) is 5.69 Å². The molecule has 2 unspecified atom stereocenters. The predicted molar refractivity (Wildman–Crippen MR) is 76.8 cm³/mol. The topological polar surface area (TPSA) is 136 Å². The number of carbonyl (C=O) groups is 2. The maximum Gasteiger partial charge on any atom is 0.338 e. The second-order valence-corrected chi connectivity index (χ2v) is 4.60. The summed E-state index contributed by atoms with van der Waals surface area (Å²) in [5, 5.41) is 30.9. The molecule has 0 heterocycles. The summed E-state index contributed by atoms with van der Waals surface area (Å²) in [6.07, 6.45) is -3.74. The third-order valence-electron chi connectivity index (χ3n) is 3.19. The van der Waals surface area contributed by atoms with E-state index in [1.54, 1.807) is 0 Å². The monoisotopic (exact) mass is 327 g/mol. The van der Waals surface area contributed by atoms with Gasteiger partial charge in [0.05, 0.1) is 24.2 Å². The van der Waals surface area contributed by atoms with Crippen molar-refractivity contribution in [2.45, 2.75) is 26.1 Å². The number of nitro groups is 1. The predicted octanol–water partition coefficient (Wildman–Crippen LogP) is 0.647. The molecular weight excluding hydrogens is 310 g/mol. The van der Waals surface area contributed by atoms with Gasteiger partial charge in [0.25, 0.3) is 5.69 Å². The zero-order chi connectivity index (χ0) is 17.7. The first-order valence-electron chi connectivity index (χ1n) is 6.64. The number of methoxy groups -OCH3 is 1. The molecule has 0 aromatic heterocycles. The molecule has 0 aliphatic carbocycles. The van der Waals surface area contributed by atoms with Crippen molar-refractivity contribution in [3.05, 3.63) is 38.9 Å². The van der Waals surface area contributed by atoms with Gasteiger partial charge in [-0.2, -0.15) is 0 Å². The van der Waals surface area contributed by atoms with E-state index in [2.05, 4.69) is 9.47 Å². The van der Waals surface area contributed by atoms with Crippen molar-refractivity contribution in [3.63, 3.8) is 0 Å². The Balaban J connectivity index is 3.39. The number of benzene rings is 1. The van der Waals surface area contributed by atoms with E-state index in [0.29, 0.717) is 0 Å². The maximum atomic E-state index is 11.7. The van der Waals surface area contributed by atoms with Gasteiger partial charge in [-0.05, 0) is 25.0 Å². The Morgan fingerprint density at radius 2 is 1.96 bits per heavy atom. The summed E-state index contributed by atoms with van der Waals surface area (Å²) in [5.74, 6) is -1.92. The van der Waals surface area contributed by atoms with Gasteiger partial charge in [-0.15, -0.1) is 0 Å². The smallest absolute Gasteiger partial charge is 0.338 e. The molecule has 9 heteroatoms. The highest BCUT2D eigenvalue weighted by molar-refractivity contribution is 5.92. The van der Waals surface area contributed by atoms with Crippen LogP contribution in [0.15, 0.2) is 12.1 Å². The lowest BCUT2D eigenvalue weighted by Crippen LogP contribution is -2.30. The molecule has 0 fully saturated rings. The number of carbonyl (C=O) groups excluding carboxylic acids is 2. The Morgan fingerprint density at radius 3 is 2.43 bits per heavy atom. The molecule has 0 saturated carbocycles. The zero-order valence-electron chi connectivity index (χ0n) is 12.8. The van der Waals surface area contributed by atoms with Crippen LogP contribution in [0.3, 0.4) is 0 Å². The molecule has 0 amide bonds. The van der Waals surface area contributed by atoms with Gasteiger partial charge >= 0.3 is 11.9 Å². The number of ether oxygens (including phenoxy) is 2. The highest BCUT2D eigenvalue weighted by Crippen LogP contribution is 2.29. The average molecular weight is 327 g/mol. The summed E-state index contributed by atoms with van der Waals surface area (Å²) in [4.78, 5) is 33.4. The number of aliphatic hydroxyl groups is 2. The fourth-order valence-electron chi connectivity index (χ4n) is 1.98. The van der Waals surface area contributed by atoms with Crippen LogP contribution in [0.25, 0.3) is 0 Å². The highest BCUT2D eigenvalue weighted by Gasteiger charge is 2.31. The quantitative estimate of drug-likeness (QED) is 0.441. The lowest BCUT2D eigenvalue weighted by molar-refractivity contribution is -0.385. The van der Waals surface area contributed by atoms with Crippen LogP contribution >= 0.6 is 0 Å². The molecule has 1 aromatic carbocycles.